The third-order valence-electron chi connectivity index (χ3n) is 2.30. The first kappa shape index (κ1) is 13.9. The molecular weight excluding hydrogens is 237 g/mol. The van der Waals surface area contributed by atoms with Gasteiger partial charge in [0.1, 0.15) is 10.8 Å². The van der Waals surface area contributed by atoms with E-state index < -0.39 is 0 Å². The smallest absolute Gasteiger partial charge is 0.135 e. The predicted octanol–water partition coefficient (Wildman–Crippen LogP) is 1.82. The van der Waals surface area contributed by atoms with Gasteiger partial charge in [-0.15, -0.1) is 0 Å². The topological polar surface area (TPSA) is 41.3 Å². The molecule has 1 atom stereocenters. The lowest BCUT2D eigenvalue weighted by Crippen LogP contribution is -2.30. The molecule has 0 aliphatic rings. The first-order chi connectivity index (χ1) is 7.91. The monoisotopic (exact) mass is 255 g/mol. The molecule has 0 saturated heterocycles. The Morgan fingerprint density at radius 3 is 2.71 bits per heavy atom. The van der Waals surface area contributed by atoms with Crippen molar-refractivity contribution in [3.8, 4) is 0 Å². The van der Waals surface area contributed by atoms with Crippen LogP contribution in [-0.2, 0) is 0 Å². The number of anilines is 1. The van der Waals surface area contributed by atoms with Crippen LogP contribution >= 0.6 is 12.2 Å². The van der Waals surface area contributed by atoms with Gasteiger partial charge >= 0.3 is 0 Å². The maximum Gasteiger partial charge on any atom is 0.135 e. The lowest BCUT2D eigenvalue weighted by molar-refractivity contribution is 0.392. The van der Waals surface area contributed by atoms with E-state index in [9.17, 15) is 4.39 Å². The largest absolute Gasteiger partial charge is 0.389 e. The van der Waals surface area contributed by atoms with Crippen molar-refractivity contribution >= 4 is 22.9 Å². The van der Waals surface area contributed by atoms with Crippen molar-refractivity contribution in [3.05, 3.63) is 29.6 Å². The number of nitrogens with two attached hydrogens (primary N) is 1. The summed E-state index contributed by atoms with van der Waals surface area (Å²) in [6, 6.07) is 4.96. The Morgan fingerprint density at radius 2 is 2.18 bits per heavy atom. The number of hydrogen-bond donors (Lipinski definition) is 2. The summed E-state index contributed by atoms with van der Waals surface area (Å²) in [5, 5.41) is 3.21. The number of thiocarbonyl (C=S) groups is 1. The molecule has 0 aromatic heterocycles. The average Bonchev–Trinajstić information content (AvgIpc) is 2.15. The zero-order valence-corrected chi connectivity index (χ0v) is 11.1. The highest BCUT2D eigenvalue weighted by Gasteiger charge is 2.13. The van der Waals surface area contributed by atoms with Crippen LogP contribution in [0.5, 0.6) is 0 Å². The molecule has 1 unspecified atom stereocenters. The predicted molar refractivity (Wildman–Crippen MR) is 73.9 cm³/mol. The molecule has 0 radical (unpaired) electrons. The van der Waals surface area contributed by atoms with Gasteiger partial charge in [-0.25, -0.2) is 4.39 Å². The van der Waals surface area contributed by atoms with E-state index in [0.29, 0.717) is 5.69 Å². The van der Waals surface area contributed by atoms with Crippen molar-refractivity contribution in [3.63, 3.8) is 0 Å². The summed E-state index contributed by atoms with van der Waals surface area (Å²) in [5.74, 6) is -0.389. The van der Waals surface area contributed by atoms with Crippen molar-refractivity contribution in [1.82, 2.24) is 4.90 Å². The Balaban J connectivity index is 2.91. The molecule has 0 aliphatic carbocycles. The van der Waals surface area contributed by atoms with Crippen LogP contribution in [0.2, 0.25) is 0 Å². The number of likely N-dealkylation sites (N-methyl/N-ethyl adjacent to an activating group) is 1. The fourth-order valence-corrected chi connectivity index (χ4v) is 1.96. The number of rotatable bonds is 5. The van der Waals surface area contributed by atoms with Crippen LogP contribution in [0, 0.1) is 5.82 Å². The van der Waals surface area contributed by atoms with Crippen LogP contribution < -0.4 is 11.1 Å². The third kappa shape index (κ3) is 3.94. The van der Waals surface area contributed by atoms with Gasteiger partial charge in [-0.3, -0.25) is 0 Å². The number of nitrogens with one attached hydrogen (secondary N) is 1. The van der Waals surface area contributed by atoms with E-state index in [4.69, 9.17) is 18.0 Å². The summed E-state index contributed by atoms with van der Waals surface area (Å²) in [5.41, 5.74) is 6.46. The number of halogens is 1. The average molecular weight is 255 g/mol. The molecule has 1 aromatic carbocycles. The van der Waals surface area contributed by atoms with Crippen LogP contribution in [0.3, 0.4) is 0 Å². The molecule has 0 heterocycles. The van der Waals surface area contributed by atoms with E-state index >= 15 is 0 Å². The highest BCUT2D eigenvalue weighted by atomic mass is 32.1. The number of nitrogens with zero attached hydrogens (tertiary/aromatic N) is 1. The Bertz CT molecular complexity index is 407. The van der Waals surface area contributed by atoms with Crippen molar-refractivity contribution in [2.24, 2.45) is 5.73 Å². The normalized spacial score (nSPS) is 12.5. The standard InChI is InChI=1S/C12H18FN3S/c1-8(7-16(2)3)15-10-6-4-5-9(13)11(10)12(14)17/h4-6,8,15H,7H2,1-3H3,(H2,14,17). The quantitative estimate of drug-likeness (QED) is 0.788. The molecule has 3 N–H and O–H groups in total. The lowest BCUT2D eigenvalue weighted by Gasteiger charge is -2.21. The van der Waals surface area contributed by atoms with Crippen LogP contribution in [0.1, 0.15) is 12.5 Å². The van der Waals surface area contributed by atoms with E-state index in [-0.39, 0.29) is 22.4 Å². The summed E-state index contributed by atoms with van der Waals surface area (Å²) in [6.45, 7) is 2.86. The summed E-state index contributed by atoms with van der Waals surface area (Å²) in [4.78, 5) is 2.12. The molecule has 0 fully saturated rings. The van der Waals surface area contributed by atoms with Crippen LogP contribution in [0.25, 0.3) is 0 Å². The molecule has 5 heteroatoms. The van der Waals surface area contributed by atoms with Crippen molar-refractivity contribution < 1.29 is 4.39 Å². The molecule has 1 rings (SSSR count). The van der Waals surface area contributed by atoms with E-state index in [0.717, 1.165) is 6.54 Å². The molecule has 0 amide bonds. The van der Waals surface area contributed by atoms with Gasteiger partial charge in [0, 0.05) is 18.3 Å². The molecule has 0 aliphatic heterocycles. The van der Waals surface area contributed by atoms with Crippen LogP contribution in [0.15, 0.2) is 18.2 Å². The Labute approximate surface area is 107 Å². The van der Waals surface area contributed by atoms with E-state index in [2.05, 4.69) is 10.2 Å². The minimum absolute atomic E-state index is 0.0719. The zero-order chi connectivity index (χ0) is 13.0. The fraction of sp³-hybridized carbons (Fsp3) is 0.417. The van der Waals surface area contributed by atoms with E-state index in [1.54, 1.807) is 12.1 Å². The van der Waals surface area contributed by atoms with Crippen molar-refractivity contribution in [2.45, 2.75) is 13.0 Å². The lowest BCUT2D eigenvalue weighted by atomic mass is 10.1. The molecule has 1 aromatic rings. The zero-order valence-electron chi connectivity index (χ0n) is 10.3. The molecule has 94 valence electrons. The van der Waals surface area contributed by atoms with E-state index in [1.165, 1.54) is 6.07 Å². The number of benzene rings is 1. The second-order valence-electron chi connectivity index (χ2n) is 4.33. The second-order valence-corrected chi connectivity index (χ2v) is 4.77. The number of hydrogen-bond acceptors (Lipinski definition) is 3. The SMILES string of the molecule is CC(CN(C)C)Nc1cccc(F)c1C(N)=S. The van der Waals surface area contributed by atoms with Gasteiger partial charge in [0.25, 0.3) is 0 Å². The van der Waals surface area contributed by atoms with Crippen LogP contribution in [-0.4, -0.2) is 36.6 Å². The molecule has 0 bridgehead atoms. The highest BCUT2D eigenvalue weighted by molar-refractivity contribution is 7.80. The molecule has 17 heavy (non-hydrogen) atoms. The first-order valence-corrected chi connectivity index (χ1v) is 5.82. The third-order valence-corrected chi connectivity index (χ3v) is 2.51. The van der Waals surface area contributed by atoms with E-state index in [1.807, 2.05) is 21.0 Å². The first-order valence-electron chi connectivity index (χ1n) is 5.41. The van der Waals surface area contributed by atoms with Gasteiger partial charge in [-0.2, -0.15) is 0 Å². The fourth-order valence-electron chi connectivity index (χ4n) is 1.75. The van der Waals surface area contributed by atoms with Gasteiger partial charge in [-0.05, 0) is 33.2 Å². The van der Waals surface area contributed by atoms with Gasteiger partial charge in [0.2, 0.25) is 0 Å². The van der Waals surface area contributed by atoms with Crippen molar-refractivity contribution in [1.29, 1.82) is 0 Å². The Hall–Kier alpha value is -1.20. The Kier molecular flexibility index (Phi) is 4.84. The van der Waals surface area contributed by atoms with Crippen molar-refractivity contribution in [2.75, 3.05) is 26.0 Å². The Morgan fingerprint density at radius 1 is 1.53 bits per heavy atom. The summed E-state index contributed by atoms with van der Waals surface area (Å²) in [6.07, 6.45) is 0. The minimum Gasteiger partial charge on any atom is -0.389 e. The molecule has 0 spiro atoms. The van der Waals surface area contributed by atoms with Gasteiger partial charge in [0.05, 0.1) is 5.56 Å². The second kappa shape index (κ2) is 5.93. The van der Waals surface area contributed by atoms with Gasteiger partial charge < -0.3 is 16.0 Å². The minimum atomic E-state index is -0.389. The molecule has 0 saturated carbocycles. The maximum atomic E-state index is 13.6. The summed E-state index contributed by atoms with van der Waals surface area (Å²) < 4.78 is 13.6. The van der Waals surface area contributed by atoms with Gasteiger partial charge in [-0.1, -0.05) is 18.3 Å². The highest BCUT2D eigenvalue weighted by Crippen LogP contribution is 2.19. The van der Waals surface area contributed by atoms with Crippen LogP contribution in [0.4, 0.5) is 10.1 Å². The maximum absolute atomic E-state index is 13.6. The molecule has 3 nitrogen and oxygen atoms in total. The summed E-state index contributed by atoms with van der Waals surface area (Å²) >= 11 is 4.87. The molecular formula is C12H18FN3S. The summed E-state index contributed by atoms with van der Waals surface area (Å²) in [7, 11) is 3.97. The van der Waals surface area contributed by atoms with Gasteiger partial charge in [0.15, 0.2) is 0 Å².